The molecule has 0 unspecified atom stereocenters. The van der Waals surface area contributed by atoms with E-state index in [1.165, 1.54) is 4.90 Å². The number of nitrogens with one attached hydrogen (secondary N) is 1. The van der Waals surface area contributed by atoms with E-state index in [-0.39, 0.29) is 0 Å². The second-order valence-corrected chi connectivity index (χ2v) is 5.83. The first-order chi connectivity index (χ1) is 7.75. The molecule has 17 heavy (non-hydrogen) atoms. The Morgan fingerprint density at radius 1 is 1.35 bits per heavy atom. The maximum atomic E-state index is 11.2. The Hall–Kier alpha value is -0.810. The third-order valence-electron chi connectivity index (χ3n) is 3.38. The Morgan fingerprint density at radius 2 is 1.88 bits per heavy atom. The number of amides is 1. The molecule has 5 nitrogen and oxygen atoms in total. The molecule has 1 aliphatic heterocycles. The van der Waals surface area contributed by atoms with Crippen molar-refractivity contribution in [1.82, 2.24) is 10.2 Å². The lowest BCUT2D eigenvalue weighted by Gasteiger charge is -2.38. The summed E-state index contributed by atoms with van der Waals surface area (Å²) in [4.78, 5) is 12.6. The highest BCUT2D eigenvalue weighted by molar-refractivity contribution is 5.65. The molecule has 1 aliphatic rings. The van der Waals surface area contributed by atoms with E-state index in [4.69, 9.17) is 5.11 Å². The molecule has 0 aliphatic carbocycles. The van der Waals surface area contributed by atoms with Crippen molar-refractivity contribution in [2.75, 3.05) is 19.6 Å². The SMILES string of the molecule is CC(C)(C)N(CCC1(O)CCNCC1)C(=O)O. The molecule has 0 bridgehead atoms. The van der Waals surface area contributed by atoms with Crippen molar-refractivity contribution in [1.29, 1.82) is 0 Å². The van der Waals surface area contributed by atoms with E-state index in [9.17, 15) is 9.90 Å². The van der Waals surface area contributed by atoms with E-state index < -0.39 is 17.2 Å². The fourth-order valence-corrected chi connectivity index (χ4v) is 2.18. The summed E-state index contributed by atoms with van der Waals surface area (Å²) in [7, 11) is 0. The number of aliphatic hydroxyl groups is 1. The molecule has 3 N–H and O–H groups in total. The van der Waals surface area contributed by atoms with Crippen LogP contribution < -0.4 is 5.32 Å². The summed E-state index contributed by atoms with van der Waals surface area (Å²) >= 11 is 0. The third-order valence-corrected chi connectivity index (χ3v) is 3.38. The highest BCUT2D eigenvalue weighted by Crippen LogP contribution is 2.24. The largest absolute Gasteiger partial charge is 0.465 e. The average molecular weight is 244 g/mol. The fourth-order valence-electron chi connectivity index (χ4n) is 2.18. The van der Waals surface area contributed by atoms with Gasteiger partial charge in [-0.1, -0.05) is 0 Å². The molecule has 0 spiro atoms. The summed E-state index contributed by atoms with van der Waals surface area (Å²) in [6.45, 7) is 7.60. The number of nitrogens with zero attached hydrogens (tertiary/aromatic N) is 1. The Bertz CT molecular complexity index is 267. The molecule has 1 amide bonds. The Kier molecular flexibility index (Phi) is 4.38. The molecular formula is C12H24N2O3. The molecule has 1 rings (SSSR count). The lowest BCUT2D eigenvalue weighted by Crippen LogP contribution is -2.49. The number of hydrogen-bond donors (Lipinski definition) is 3. The van der Waals surface area contributed by atoms with Gasteiger partial charge in [0, 0.05) is 12.1 Å². The van der Waals surface area contributed by atoms with Gasteiger partial charge in [0.15, 0.2) is 0 Å². The summed E-state index contributed by atoms with van der Waals surface area (Å²) in [5.74, 6) is 0. The van der Waals surface area contributed by atoms with Crippen molar-refractivity contribution >= 4 is 6.09 Å². The predicted molar refractivity (Wildman–Crippen MR) is 66.2 cm³/mol. The van der Waals surface area contributed by atoms with E-state index in [1.807, 2.05) is 20.8 Å². The second-order valence-electron chi connectivity index (χ2n) is 5.83. The monoisotopic (exact) mass is 244 g/mol. The van der Waals surface area contributed by atoms with Crippen molar-refractivity contribution in [2.45, 2.75) is 51.2 Å². The van der Waals surface area contributed by atoms with Crippen LogP contribution >= 0.6 is 0 Å². The summed E-state index contributed by atoms with van der Waals surface area (Å²) in [5, 5.41) is 22.7. The highest BCUT2D eigenvalue weighted by Gasteiger charge is 2.33. The zero-order valence-electron chi connectivity index (χ0n) is 11.0. The molecule has 0 radical (unpaired) electrons. The highest BCUT2D eigenvalue weighted by atomic mass is 16.4. The Balaban J connectivity index is 2.54. The van der Waals surface area contributed by atoms with Crippen molar-refractivity contribution < 1.29 is 15.0 Å². The number of hydrogen-bond acceptors (Lipinski definition) is 3. The summed E-state index contributed by atoms with van der Waals surface area (Å²) in [6, 6.07) is 0. The normalized spacial score (nSPS) is 20.0. The van der Waals surface area contributed by atoms with Gasteiger partial charge in [-0.3, -0.25) is 0 Å². The zero-order valence-corrected chi connectivity index (χ0v) is 11.0. The van der Waals surface area contributed by atoms with E-state index in [0.29, 0.717) is 25.8 Å². The van der Waals surface area contributed by atoms with Gasteiger partial charge in [-0.2, -0.15) is 0 Å². The van der Waals surface area contributed by atoms with E-state index in [0.717, 1.165) is 13.1 Å². The number of rotatable bonds is 3. The van der Waals surface area contributed by atoms with Crippen LogP contribution in [0.5, 0.6) is 0 Å². The van der Waals surface area contributed by atoms with Gasteiger partial charge >= 0.3 is 6.09 Å². The van der Waals surface area contributed by atoms with Crippen LogP contribution in [0.15, 0.2) is 0 Å². The number of carboxylic acid groups (broad SMARTS) is 1. The maximum absolute atomic E-state index is 11.2. The molecule has 1 fully saturated rings. The molecule has 0 aromatic heterocycles. The standard InChI is InChI=1S/C12H24N2O3/c1-11(2,3)14(10(15)16)9-6-12(17)4-7-13-8-5-12/h13,17H,4-9H2,1-3H3,(H,15,16). The van der Waals surface area contributed by atoms with Gasteiger partial charge in [0.2, 0.25) is 0 Å². The quantitative estimate of drug-likeness (QED) is 0.699. The minimum absolute atomic E-state index is 0.384. The molecule has 0 saturated carbocycles. The molecular weight excluding hydrogens is 220 g/mol. The van der Waals surface area contributed by atoms with E-state index in [1.54, 1.807) is 0 Å². The van der Waals surface area contributed by atoms with E-state index in [2.05, 4.69) is 5.32 Å². The van der Waals surface area contributed by atoms with Gasteiger partial charge < -0.3 is 20.4 Å². The molecule has 100 valence electrons. The van der Waals surface area contributed by atoms with Crippen molar-refractivity contribution in [3.63, 3.8) is 0 Å². The molecule has 1 saturated heterocycles. The molecule has 0 aromatic rings. The maximum Gasteiger partial charge on any atom is 0.407 e. The van der Waals surface area contributed by atoms with Crippen molar-refractivity contribution in [2.24, 2.45) is 0 Å². The van der Waals surface area contributed by atoms with Crippen LogP contribution in [0.4, 0.5) is 4.79 Å². The smallest absolute Gasteiger partial charge is 0.407 e. The minimum Gasteiger partial charge on any atom is -0.465 e. The average Bonchev–Trinajstić information content (AvgIpc) is 2.15. The first kappa shape index (κ1) is 14.3. The Labute approximate surface area is 103 Å². The van der Waals surface area contributed by atoms with Crippen LogP contribution in [0.25, 0.3) is 0 Å². The lowest BCUT2D eigenvalue weighted by molar-refractivity contribution is -0.0107. The fraction of sp³-hybridized carbons (Fsp3) is 0.917. The molecule has 5 heteroatoms. The van der Waals surface area contributed by atoms with Crippen LogP contribution in [0.1, 0.15) is 40.0 Å². The van der Waals surface area contributed by atoms with Crippen LogP contribution in [0, 0.1) is 0 Å². The molecule has 0 atom stereocenters. The number of piperidine rings is 1. The van der Waals surface area contributed by atoms with Gasteiger partial charge in [0.1, 0.15) is 0 Å². The van der Waals surface area contributed by atoms with Crippen LogP contribution in [-0.2, 0) is 0 Å². The molecule has 1 heterocycles. The predicted octanol–water partition coefficient (Wildman–Crippen LogP) is 1.27. The van der Waals surface area contributed by atoms with Gasteiger partial charge in [0.05, 0.1) is 5.60 Å². The summed E-state index contributed by atoms with van der Waals surface area (Å²) in [5.41, 5.74) is -1.13. The lowest BCUT2D eigenvalue weighted by atomic mass is 9.88. The summed E-state index contributed by atoms with van der Waals surface area (Å²) in [6.07, 6.45) is 0.989. The van der Waals surface area contributed by atoms with Gasteiger partial charge in [-0.25, -0.2) is 4.79 Å². The zero-order chi connectivity index (χ0) is 13.1. The second kappa shape index (κ2) is 5.23. The van der Waals surface area contributed by atoms with Gasteiger partial charge in [0.25, 0.3) is 0 Å². The van der Waals surface area contributed by atoms with Gasteiger partial charge in [-0.15, -0.1) is 0 Å². The molecule has 0 aromatic carbocycles. The Morgan fingerprint density at radius 3 is 2.29 bits per heavy atom. The first-order valence-electron chi connectivity index (χ1n) is 6.18. The number of carbonyl (C=O) groups is 1. The third kappa shape index (κ3) is 4.16. The first-order valence-corrected chi connectivity index (χ1v) is 6.18. The van der Waals surface area contributed by atoms with Gasteiger partial charge in [-0.05, 0) is 53.1 Å². The van der Waals surface area contributed by atoms with Crippen molar-refractivity contribution in [3.05, 3.63) is 0 Å². The van der Waals surface area contributed by atoms with Crippen molar-refractivity contribution in [3.8, 4) is 0 Å². The van der Waals surface area contributed by atoms with Crippen LogP contribution in [-0.4, -0.2) is 52.0 Å². The summed E-state index contributed by atoms with van der Waals surface area (Å²) < 4.78 is 0. The minimum atomic E-state index is -0.921. The van der Waals surface area contributed by atoms with Crippen LogP contribution in [0.3, 0.4) is 0 Å². The van der Waals surface area contributed by atoms with Crippen LogP contribution in [0.2, 0.25) is 0 Å². The van der Waals surface area contributed by atoms with E-state index >= 15 is 0 Å². The topological polar surface area (TPSA) is 72.8 Å².